The molecule has 32 heavy (non-hydrogen) atoms. The number of fused-ring (bicyclic) bond motifs is 1. The van der Waals surface area contributed by atoms with Gasteiger partial charge in [-0.15, -0.1) is 0 Å². The van der Waals surface area contributed by atoms with E-state index in [-0.39, 0.29) is 11.2 Å². The molecule has 0 spiro atoms. The normalized spacial score (nSPS) is 12.6. The first kappa shape index (κ1) is 22.0. The SMILES string of the molecule is CCC(=O)c1[nH]c2ccc(NS(=O)c3ccc(C(C)(C)C)cc3)cc2c1-c1ccccc1. The summed E-state index contributed by atoms with van der Waals surface area (Å²) in [7, 11) is -1.39. The predicted molar refractivity (Wildman–Crippen MR) is 134 cm³/mol. The maximum atomic E-state index is 13.0. The molecule has 0 bridgehead atoms. The standard InChI is InChI=1S/C27H28N2O2S/c1-5-24(30)26-25(18-9-7-6-8-10-18)22-17-20(13-16-23(22)28-26)29-32(31)21-14-11-19(12-15-21)27(2,3)4/h6-17,28-29H,5H2,1-4H3. The minimum atomic E-state index is -1.39. The van der Waals surface area contributed by atoms with Crippen LogP contribution < -0.4 is 4.72 Å². The van der Waals surface area contributed by atoms with E-state index in [0.29, 0.717) is 12.1 Å². The van der Waals surface area contributed by atoms with Gasteiger partial charge in [-0.25, -0.2) is 4.21 Å². The Kier molecular flexibility index (Phi) is 6.02. The minimum absolute atomic E-state index is 0.0498. The van der Waals surface area contributed by atoms with Crippen LogP contribution in [0.3, 0.4) is 0 Å². The largest absolute Gasteiger partial charge is 0.352 e. The Labute approximate surface area is 191 Å². The highest BCUT2D eigenvalue weighted by Crippen LogP contribution is 2.35. The molecule has 1 aromatic heterocycles. The second-order valence-electron chi connectivity index (χ2n) is 8.92. The van der Waals surface area contributed by atoms with Crippen molar-refractivity contribution in [2.24, 2.45) is 0 Å². The Bertz CT molecular complexity index is 1280. The summed E-state index contributed by atoms with van der Waals surface area (Å²) in [5, 5.41) is 0.929. The smallest absolute Gasteiger partial charge is 0.179 e. The lowest BCUT2D eigenvalue weighted by molar-refractivity contribution is 0.0985. The van der Waals surface area contributed by atoms with Gasteiger partial charge in [-0.05, 0) is 46.9 Å². The second kappa shape index (κ2) is 8.75. The number of ketones is 1. The van der Waals surface area contributed by atoms with Crippen LogP contribution in [0.15, 0.2) is 77.7 Å². The van der Waals surface area contributed by atoms with E-state index in [1.165, 1.54) is 5.56 Å². The molecule has 0 aliphatic rings. The van der Waals surface area contributed by atoms with Crippen molar-refractivity contribution in [3.05, 3.63) is 84.1 Å². The van der Waals surface area contributed by atoms with Crippen molar-refractivity contribution in [1.29, 1.82) is 0 Å². The van der Waals surface area contributed by atoms with Gasteiger partial charge in [-0.2, -0.15) is 0 Å². The molecule has 0 radical (unpaired) electrons. The number of anilines is 1. The van der Waals surface area contributed by atoms with Gasteiger partial charge in [0.1, 0.15) is 11.0 Å². The zero-order valence-electron chi connectivity index (χ0n) is 18.9. The van der Waals surface area contributed by atoms with E-state index in [0.717, 1.165) is 32.6 Å². The van der Waals surface area contributed by atoms with E-state index in [1.54, 1.807) is 0 Å². The Balaban J connectivity index is 1.70. The number of benzene rings is 3. The van der Waals surface area contributed by atoms with E-state index in [2.05, 4.69) is 30.5 Å². The van der Waals surface area contributed by atoms with Gasteiger partial charge >= 0.3 is 0 Å². The first-order chi connectivity index (χ1) is 15.3. The van der Waals surface area contributed by atoms with Gasteiger partial charge in [0.05, 0.1) is 10.6 Å². The van der Waals surface area contributed by atoms with E-state index >= 15 is 0 Å². The zero-order chi connectivity index (χ0) is 22.9. The van der Waals surface area contributed by atoms with Crippen LogP contribution in [0.1, 0.15) is 50.2 Å². The number of nitrogens with one attached hydrogen (secondary N) is 2. The van der Waals surface area contributed by atoms with Gasteiger partial charge in [0.2, 0.25) is 0 Å². The summed E-state index contributed by atoms with van der Waals surface area (Å²) >= 11 is 0. The first-order valence-electron chi connectivity index (χ1n) is 10.8. The fraction of sp³-hybridized carbons (Fsp3) is 0.222. The van der Waals surface area contributed by atoms with Crippen LogP contribution in [0.2, 0.25) is 0 Å². The Morgan fingerprint density at radius 2 is 1.66 bits per heavy atom. The van der Waals surface area contributed by atoms with Crippen LogP contribution in [0, 0.1) is 0 Å². The lowest BCUT2D eigenvalue weighted by Crippen LogP contribution is -2.11. The van der Waals surface area contributed by atoms with Crippen LogP contribution in [-0.2, 0) is 16.4 Å². The van der Waals surface area contributed by atoms with Gasteiger partial charge in [-0.1, -0.05) is 70.2 Å². The summed E-state index contributed by atoms with van der Waals surface area (Å²) in [6, 6.07) is 23.5. The minimum Gasteiger partial charge on any atom is -0.352 e. The molecule has 1 atom stereocenters. The number of carbonyl (C=O) groups is 1. The van der Waals surface area contributed by atoms with Crippen LogP contribution in [0.5, 0.6) is 0 Å². The molecule has 4 rings (SSSR count). The number of aromatic nitrogens is 1. The molecule has 0 saturated carbocycles. The molecule has 0 aliphatic carbocycles. The first-order valence-corrected chi connectivity index (χ1v) is 12.0. The van der Waals surface area contributed by atoms with E-state index in [9.17, 15) is 9.00 Å². The quantitative estimate of drug-likeness (QED) is 0.319. The highest BCUT2D eigenvalue weighted by Gasteiger charge is 2.19. The molecule has 0 amide bonds. The third kappa shape index (κ3) is 4.39. The molecule has 0 fully saturated rings. The summed E-state index contributed by atoms with van der Waals surface area (Å²) in [6.45, 7) is 8.34. The molecule has 3 aromatic carbocycles. The molecular formula is C27H28N2O2S. The van der Waals surface area contributed by atoms with Gasteiger partial charge in [0.25, 0.3) is 0 Å². The fourth-order valence-corrected chi connectivity index (χ4v) is 4.63. The molecule has 1 heterocycles. The molecule has 5 heteroatoms. The number of hydrogen-bond donors (Lipinski definition) is 2. The Hall–Kier alpha value is -3.18. The summed E-state index contributed by atoms with van der Waals surface area (Å²) in [4.78, 5) is 16.6. The average molecular weight is 445 g/mol. The fourth-order valence-electron chi connectivity index (χ4n) is 3.79. The maximum Gasteiger partial charge on any atom is 0.179 e. The molecule has 0 aliphatic heterocycles. The van der Waals surface area contributed by atoms with Gasteiger partial charge in [0, 0.05) is 28.6 Å². The molecule has 4 aromatic rings. The van der Waals surface area contributed by atoms with Crippen LogP contribution in [0.25, 0.3) is 22.0 Å². The molecule has 4 nitrogen and oxygen atoms in total. The van der Waals surface area contributed by atoms with Crippen molar-refractivity contribution in [3.8, 4) is 11.1 Å². The molecule has 0 saturated heterocycles. The van der Waals surface area contributed by atoms with E-state index in [4.69, 9.17) is 0 Å². The predicted octanol–water partition coefficient (Wildman–Crippen LogP) is 6.86. The number of hydrogen-bond acceptors (Lipinski definition) is 2. The van der Waals surface area contributed by atoms with Gasteiger partial charge in [-0.3, -0.25) is 4.79 Å². The van der Waals surface area contributed by atoms with Gasteiger partial charge < -0.3 is 9.71 Å². The van der Waals surface area contributed by atoms with Crippen molar-refractivity contribution < 1.29 is 9.00 Å². The summed E-state index contributed by atoms with van der Waals surface area (Å²) in [5.41, 5.74) is 5.35. The maximum absolute atomic E-state index is 13.0. The second-order valence-corrected chi connectivity index (χ2v) is 10.1. The number of aromatic amines is 1. The van der Waals surface area contributed by atoms with Crippen molar-refractivity contribution in [1.82, 2.24) is 4.98 Å². The molecular weight excluding hydrogens is 416 g/mol. The topological polar surface area (TPSA) is 62.0 Å². The summed E-state index contributed by atoms with van der Waals surface area (Å²) in [6.07, 6.45) is 0.423. The molecule has 2 N–H and O–H groups in total. The third-order valence-corrected chi connectivity index (χ3v) is 6.73. The number of rotatable bonds is 6. The zero-order valence-corrected chi connectivity index (χ0v) is 19.7. The monoisotopic (exact) mass is 444 g/mol. The van der Waals surface area contributed by atoms with Crippen LogP contribution in [0.4, 0.5) is 5.69 Å². The average Bonchev–Trinajstić information content (AvgIpc) is 3.17. The number of Topliss-reactive ketones (excluding diaryl/α,β-unsaturated/α-hetero) is 1. The Morgan fingerprint density at radius 3 is 2.28 bits per heavy atom. The third-order valence-electron chi connectivity index (χ3n) is 5.61. The van der Waals surface area contributed by atoms with Crippen LogP contribution in [-0.4, -0.2) is 15.0 Å². The highest BCUT2D eigenvalue weighted by atomic mass is 32.2. The highest BCUT2D eigenvalue weighted by molar-refractivity contribution is 7.86. The molecule has 164 valence electrons. The van der Waals surface area contributed by atoms with Crippen molar-refractivity contribution in [2.45, 2.75) is 44.4 Å². The van der Waals surface area contributed by atoms with Crippen molar-refractivity contribution in [3.63, 3.8) is 0 Å². The number of H-pyrrole nitrogens is 1. The van der Waals surface area contributed by atoms with E-state index < -0.39 is 11.0 Å². The van der Waals surface area contributed by atoms with Gasteiger partial charge in [0.15, 0.2) is 5.78 Å². The van der Waals surface area contributed by atoms with E-state index in [1.807, 2.05) is 79.7 Å². The van der Waals surface area contributed by atoms with Crippen molar-refractivity contribution >= 4 is 33.4 Å². The number of carbonyl (C=O) groups excluding carboxylic acids is 1. The van der Waals surface area contributed by atoms with Crippen LogP contribution >= 0.6 is 0 Å². The lowest BCUT2D eigenvalue weighted by Gasteiger charge is -2.19. The molecule has 1 unspecified atom stereocenters. The summed E-state index contributed by atoms with van der Waals surface area (Å²) < 4.78 is 16.1. The van der Waals surface area contributed by atoms with Crippen molar-refractivity contribution in [2.75, 3.05) is 4.72 Å². The Morgan fingerprint density at radius 1 is 0.969 bits per heavy atom. The summed E-state index contributed by atoms with van der Waals surface area (Å²) in [5.74, 6) is 0.0667. The lowest BCUT2D eigenvalue weighted by atomic mass is 9.87.